The number of halogens is 2. The second-order valence-electron chi connectivity index (χ2n) is 5.15. The maximum absolute atomic E-state index is 6.07. The number of nitrogens with zero attached hydrogens (tertiary/aromatic N) is 1. The molecule has 1 heterocycles. The van der Waals surface area contributed by atoms with Gasteiger partial charge in [-0.1, -0.05) is 42.3 Å². The molecule has 0 fully saturated rings. The molecule has 112 valence electrons. The third kappa shape index (κ3) is 4.70. The van der Waals surface area contributed by atoms with E-state index in [4.69, 9.17) is 23.2 Å². The number of likely N-dealkylation sites (N-methyl/N-ethyl adjacent to an activating group) is 1. The van der Waals surface area contributed by atoms with E-state index < -0.39 is 0 Å². The van der Waals surface area contributed by atoms with Gasteiger partial charge >= 0.3 is 0 Å². The molecule has 1 aromatic heterocycles. The molecule has 0 saturated carbocycles. The van der Waals surface area contributed by atoms with Gasteiger partial charge in [0.2, 0.25) is 0 Å². The van der Waals surface area contributed by atoms with E-state index in [2.05, 4.69) is 29.4 Å². The number of hydrogen-bond acceptors (Lipinski definition) is 2. The van der Waals surface area contributed by atoms with Crippen LogP contribution >= 0.6 is 23.2 Å². The first-order valence-electron chi connectivity index (χ1n) is 7.17. The van der Waals surface area contributed by atoms with Gasteiger partial charge in [0.25, 0.3) is 0 Å². The zero-order chi connectivity index (χ0) is 15.2. The topological polar surface area (TPSA) is 24.9 Å². The average Bonchev–Trinajstić information content (AvgIpc) is 2.51. The number of rotatable bonds is 6. The zero-order valence-corrected chi connectivity index (χ0v) is 13.9. The lowest BCUT2D eigenvalue weighted by Crippen LogP contribution is -2.30. The van der Waals surface area contributed by atoms with Crippen molar-refractivity contribution in [3.8, 4) is 0 Å². The van der Waals surface area contributed by atoms with Crippen molar-refractivity contribution in [3.05, 3.63) is 63.4 Å². The zero-order valence-electron chi connectivity index (χ0n) is 12.4. The Bertz CT molecular complexity index is 582. The van der Waals surface area contributed by atoms with Gasteiger partial charge in [-0.15, -0.1) is 0 Å². The molecule has 1 unspecified atom stereocenters. The molecule has 0 aliphatic rings. The van der Waals surface area contributed by atoms with Crippen LogP contribution in [0.2, 0.25) is 10.0 Å². The molecule has 21 heavy (non-hydrogen) atoms. The fraction of sp³-hybridized carbons (Fsp3) is 0.353. The van der Waals surface area contributed by atoms with E-state index in [0.717, 1.165) is 25.0 Å². The molecular weight excluding hydrogens is 303 g/mol. The van der Waals surface area contributed by atoms with E-state index in [1.807, 2.05) is 31.4 Å². The van der Waals surface area contributed by atoms with Gasteiger partial charge in [-0.3, -0.25) is 4.98 Å². The molecule has 0 aliphatic carbocycles. The number of pyridine rings is 1. The highest BCUT2D eigenvalue weighted by Crippen LogP contribution is 2.23. The van der Waals surface area contributed by atoms with Gasteiger partial charge in [0.05, 0.1) is 10.0 Å². The Hall–Kier alpha value is -1.09. The molecule has 4 heteroatoms. The lowest BCUT2D eigenvalue weighted by atomic mass is 10.0. The van der Waals surface area contributed by atoms with Crippen molar-refractivity contribution < 1.29 is 0 Å². The minimum absolute atomic E-state index is 0.321. The van der Waals surface area contributed by atoms with Crippen molar-refractivity contribution in [2.24, 2.45) is 0 Å². The third-order valence-electron chi connectivity index (χ3n) is 3.62. The van der Waals surface area contributed by atoms with E-state index in [9.17, 15) is 0 Å². The molecule has 0 spiro atoms. The Labute approximate surface area is 136 Å². The summed E-state index contributed by atoms with van der Waals surface area (Å²) in [6, 6.07) is 10.4. The SMILES string of the molecule is CCc1ccc(CC(Cc2ccc(Cl)c(Cl)c2)NC)nc1. The van der Waals surface area contributed by atoms with Crippen molar-refractivity contribution in [1.29, 1.82) is 0 Å². The van der Waals surface area contributed by atoms with Crippen molar-refractivity contribution in [1.82, 2.24) is 10.3 Å². The molecule has 2 nitrogen and oxygen atoms in total. The van der Waals surface area contributed by atoms with Crippen LogP contribution in [0.25, 0.3) is 0 Å². The summed E-state index contributed by atoms with van der Waals surface area (Å²) in [5, 5.41) is 4.55. The Balaban J connectivity index is 2.03. The molecular formula is C17H20Cl2N2. The average molecular weight is 323 g/mol. The molecule has 1 aromatic carbocycles. The number of nitrogens with one attached hydrogen (secondary N) is 1. The largest absolute Gasteiger partial charge is 0.316 e. The minimum Gasteiger partial charge on any atom is -0.316 e. The summed E-state index contributed by atoms with van der Waals surface area (Å²) in [7, 11) is 1.97. The Morgan fingerprint density at radius 3 is 2.38 bits per heavy atom. The fourth-order valence-electron chi connectivity index (χ4n) is 2.26. The summed E-state index contributed by atoms with van der Waals surface area (Å²) >= 11 is 12.0. The molecule has 2 aromatic rings. The van der Waals surface area contributed by atoms with E-state index in [-0.39, 0.29) is 0 Å². The lowest BCUT2D eigenvalue weighted by Gasteiger charge is -2.16. The van der Waals surface area contributed by atoms with Gasteiger partial charge < -0.3 is 5.32 Å². The number of hydrogen-bond donors (Lipinski definition) is 1. The van der Waals surface area contributed by atoms with Crippen LogP contribution in [0, 0.1) is 0 Å². The Morgan fingerprint density at radius 1 is 1.05 bits per heavy atom. The van der Waals surface area contributed by atoms with Gasteiger partial charge in [0, 0.05) is 24.4 Å². The normalized spacial score (nSPS) is 12.4. The fourth-order valence-corrected chi connectivity index (χ4v) is 2.59. The Morgan fingerprint density at radius 2 is 1.81 bits per heavy atom. The first-order chi connectivity index (χ1) is 10.1. The summed E-state index contributed by atoms with van der Waals surface area (Å²) in [5.74, 6) is 0. The van der Waals surface area contributed by atoms with Crippen molar-refractivity contribution in [2.75, 3.05) is 7.05 Å². The first kappa shape index (κ1) is 16.3. The van der Waals surface area contributed by atoms with Crippen molar-refractivity contribution in [3.63, 3.8) is 0 Å². The quantitative estimate of drug-likeness (QED) is 0.856. The van der Waals surface area contributed by atoms with Crippen LogP contribution in [0.5, 0.6) is 0 Å². The van der Waals surface area contributed by atoms with Crippen LogP contribution in [0.15, 0.2) is 36.5 Å². The summed E-state index contributed by atoms with van der Waals surface area (Å²) in [6.45, 7) is 2.14. The molecule has 0 saturated heterocycles. The van der Waals surface area contributed by atoms with Crippen LogP contribution in [0.4, 0.5) is 0 Å². The van der Waals surface area contributed by atoms with Crippen molar-refractivity contribution >= 4 is 23.2 Å². The molecule has 0 amide bonds. The highest BCUT2D eigenvalue weighted by atomic mass is 35.5. The molecule has 1 atom stereocenters. The van der Waals surface area contributed by atoms with Gasteiger partial charge in [0.15, 0.2) is 0 Å². The summed E-state index contributed by atoms with van der Waals surface area (Å²) in [6.07, 6.45) is 4.76. The maximum Gasteiger partial charge on any atom is 0.0595 e. The first-order valence-corrected chi connectivity index (χ1v) is 7.93. The van der Waals surface area contributed by atoms with E-state index in [0.29, 0.717) is 16.1 Å². The van der Waals surface area contributed by atoms with Crippen LogP contribution in [0.3, 0.4) is 0 Å². The highest BCUT2D eigenvalue weighted by molar-refractivity contribution is 6.42. The predicted octanol–water partition coefficient (Wildman–Crippen LogP) is 4.32. The summed E-state index contributed by atoms with van der Waals surface area (Å²) in [4.78, 5) is 4.52. The summed E-state index contributed by atoms with van der Waals surface area (Å²) in [5.41, 5.74) is 3.55. The summed E-state index contributed by atoms with van der Waals surface area (Å²) < 4.78 is 0. The molecule has 0 radical (unpaired) electrons. The monoisotopic (exact) mass is 322 g/mol. The van der Waals surface area contributed by atoms with Crippen LogP contribution in [0.1, 0.15) is 23.7 Å². The van der Waals surface area contributed by atoms with E-state index in [1.165, 1.54) is 11.1 Å². The highest BCUT2D eigenvalue weighted by Gasteiger charge is 2.10. The van der Waals surface area contributed by atoms with Gasteiger partial charge in [-0.05, 0) is 49.2 Å². The van der Waals surface area contributed by atoms with E-state index in [1.54, 1.807) is 0 Å². The number of aromatic nitrogens is 1. The van der Waals surface area contributed by atoms with Crippen LogP contribution in [-0.2, 0) is 19.3 Å². The van der Waals surface area contributed by atoms with Gasteiger partial charge in [0.1, 0.15) is 0 Å². The second kappa shape index (κ2) is 7.79. The molecule has 0 bridgehead atoms. The predicted molar refractivity (Wildman–Crippen MR) is 90.3 cm³/mol. The number of aryl methyl sites for hydroxylation is 1. The van der Waals surface area contributed by atoms with Gasteiger partial charge in [-0.25, -0.2) is 0 Å². The standard InChI is InChI=1S/C17H20Cl2N2/c1-3-12-4-6-14(21-11-12)10-15(20-2)8-13-5-7-16(18)17(19)9-13/h4-7,9,11,15,20H,3,8,10H2,1-2H3. The smallest absolute Gasteiger partial charge is 0.0595 e. The van der Waals surface area contributed by atoms with Crippen LogP contribution in [-0.4, -0.2) is 18.1 Å². The molecule has 2 rings (SSSR count). The molecule has 1 N–H and O–H groups in total. The minimum atomic E-state index is 0.321. The van der Waals surface area contributed by atoms with Gasteiger partial charge in [-0.2, -0.15) is 0 Å². The Kier molecular flexibility index (Phi) is 6.04. The van der Waals surface area contributed by atoms with E-state index >= 15 is 0 Å². The third-order valence-corrected chi connectivity index (χ3v) is 4.36. The second-order valence-corrected chi connectivity index (χ2v) is 5.97. The maximum atomic E-state index is 6.07. The van der Waals surface area contributed by atoms with Crippen molar-refractivity contribution in [2.45, 2.75) is 32.2 Å². The molecule has 0 aliphatic heterocycles. The number of benzene rings is 1. The lowest BCUT2D eigenvalue weighted by molar-refractivity contribution is 0.550. The van der Waals surface area contributed by atoms with Crippen LogP contribution < -0.4 is 5.32 Å².